The first-order valence-corrected chi connectivity index (χ1v) is 5.89. The van der Waals surface area contributed by atoms with Gasteiger partial charge in [0.05, 0.1) is 6.61 Å². The molecule has 0 saturated heterocycles. The van der Waals surface area contributed by atoms with Crippen molar-refractivity contribution in [2.24, 2.45) is 0 Å². The maximum atomic E-state index is 13.7. The largest absolute Gasteiger partial charge is 0.490 e. The summed E-state index contributed by atoms with van der Waals surface area (Å²) in [5.74, 6) is 0.444. The van der Waals surface area contributed by atoms with Gasteiger partial charge < -0.3 is 9.47 Å². The Morgan fingerprint density at radius 1 is 1.11 bits per heavy atom. The molecule has 98 valence electrons. The smallest absolute Gasteiger partial charge is 0.169 e. The standard InChI is InChI=1S/C15H13FO3/c1-2-18-14-5-3-4-6-15(14)19-13-8-7-11(10-17)9-12(13)16/h3-10H,2H2,1H3. The number of aldehydes is 1. The molecule has 0 fully saturated rings. The van der Waals surface area contributed by atoms with Crippen molar-refractivity contribution in [2.75, 3.05) is 6.61 Å². The summed E-state index contributed by atoms with van der Waals surface area (Å²) in [7, 11) is 0. The van der Waals surface area contributed by atoms with Crippen molar-refractivity contribution in [3.05, 3.63) is 53.8 Å². The van der Waals surface area contributed by atoms with E-state index in [1.807, 2.05) is 13.0 Å². The number of hydrogen-bond acceptors (Lipinski definition) is 3. The highest BCUT2D eigenvalue weighted by molar-refractivity contribution is 5.75. The number of rotatable bonds is 5. The Morgan fingerprint density at radius 2 is 1.84 bits per heavy atom. The molecule has 0 unspecified atom stereocenters. The van der Waals surface area contributed by atoms with Gasteiger partial charge in [0.2, 0.25) is 0 Å². The van der Waals surface area contributed by atoms with E-state index in [0.717, 1.165) is 6.07 Å². The first-order valence-electron chi connectivity index (χ1n) is 5.89. The number of halogens is 1. The summed E-state index contributed by atoms with van der Waals surface area (Å²) in [6, 6.07) is 11.1. The van der Waals surface area contributed by atoms with Crippen molar-refractivity contribution in [3.8, 4) is 17.2 Å². The van der Waals surface area contributed by atoms with Gasteiger partial charge in [-0.1, -0.05) is 12.1 Å². The van der Waals surface area contributed by atoms with Gasteiger partial charge in [0.15, 0.2) is 23.1 Å². The lowest BCUT2D eigenvalue weighted by Crippen LogP contribution is -1.96. The Morgan fingerprint density at radius 3 is 2.47 bits per heavy atom. The van der Waals surface area contributed by atoms with E-state index in [2.05, 4.69) is 0 Å². The number of carbonyl (C=O) groups is 1. The van der Waals surface area contributed by atoms with Crippen LogP contribution in [0.5, 0.6) is 17.2 Å². The maximum Gasteiger partial charge on any atom is 0.169 e. The topological polar surface area (TPSA) is 35.5 Å². The molecular formula is C15H13FO3. The Bertz CT molecular complexity index is 581. The van der Waals surface area contributed by atoms with Crippen molar-refractivity contribution in [1.29, 1.82) is 0 Å². The van der Waals surface area contributed by atoms with Gasteiger partial charge in [-0.15, -0.1) is 0 Å². The molecule has 0 bridgehead atoms. The minimum atomic E-state index is -0.587. The minimum Gasteiger partial charge on any atom is -0.490 e. The fraction of sp³-hybridized carbons (Fsp3) is 0.133. The van der Waals surface area contributed by atoms with Crippen molar-refractivity contribution < 1.29 is 18.7 Å². The molecule has 0 spiro atoms. The summed E-state index contributed by atoms with van der Waals surface area (Å²) in [6.07, 6.45) is 0.584. The van der Waals surface area contributed by atoms with Gasteiger partial charge in [0.1, 0.15) is 6.29 Å². The summed E-state index contributed by atoms with van der Waals surface area (Å²) in [4.78, 5) is 10.5. The van der Waals surface area contributed by atoms with Crippen LogP contribution in [0, 0.1) is 5.82 Å². The van der Waals surface area contributed by atoms with Gasteiger partial charge in [0.25, 0.3) is 0 Å². The zero-order valence-corrected chi connectivity index (χ0v) is 10.4. The van der Waals surface area contributed by atoms with Gasteiger partial charge in [-0.05, 0) is 37.3 Å². The molecule has 4 heteroatoms. The molecule has 3 nitrogen and oxygen atoms in total. The highest BCUT2D eigenvalue weighted by Crippen LogP contribution is 2.32. The van der Waals surface area contributed by atoms with Crippen molar-refractivity contribution in [2.45, 2.75) is 6.92 Å². The molecule has 2 aromatic rings. The van der Waals surface area contributed by atoms with E-state index < -0.39 is 5.82 Å². The van der Waals surface area contributed by atoms with Crippen LogP contribution in [-0.2, 0) is 0 Å². The van der Waals surface area contributed by atoms with Crippen LogP contribution in [0.25, 0.3) is 0 Å². The first kappa shape index (κ1) is 13.1. The lowest BCUT2D eigenvalue weighted by molar-refractivity contribution is 0.112. The van der Waals surface area contributed by atoms with Gasteiger partial charge >= 0.3 is 0 Å². The summed E-state index contributed by atoms with van der Waals surface area (Å²) in [6.45, 7) is 2.35. The maximum absolute atomic E-state index is 13.7. The van der Waals surface area contributed by atoms with Gasteiger partial charge in [0, 0.05) is 5.56 Å². The molecule has 0 radical (unpaired) electrons. The van der Waals surface area contributed by atoms with Crippen molar-refractivity contribution in [3.63, 3.8) is 0 Å². The normalized spacial score (nSPS) is 10.0. The number of carbonyl (C=O) groups excluding carboxylic acids is 1. The Labute approximate surface area is 110 Å². The quantitative estimate of drug-likeness (QED) is 0.766. The van der Waals surface area contributed by atoms with E-state index in [1.165, 1.54) is 12.1 Å². The van der Waals surface area contributed by atoms with Crippen LogP contribution in [0.3, 0.4) is 0 Å². The van der Waals surface area contributed by atoms with E-state index in [9.17, 15) is 9.18 Å². The van der Waals surface area contributed by atoms with Crippen LogP contribution in [0.15, 0.2) is 42.5 Å². The molecule has 0 saturated carbocycles. The Hall–Kier alpha value is -2.36. The minimum absolute atomic E-state index is 0.0535. The summed E-state index contributed by atoms with van der Waals surface area (Å²) in [5.41, 5.74) is 0.267. The van der Waals surface area contributed by atoms with Crippen molar-refractivity contribution >= 4 is 6.29 Å². The predicted octanol–water partition coefficient (Wildman–Crippen LogP) is 3.83. The van der Waals surface area contributed by atoms with Crippen molar-refractivity contribution in [1.82, 2.24) is 0 Å². The average molecular weight is 260 g/mol. The third-order valence-electron chi connectivity index (χ3n) is 2.46. The third-order valence-corrected chi connectivity index (χ3v) is 2.46. The van der Waals surface area contributed by atoms with E-state index in [0.29, 0.717) is 24.4 Å². The van der Waals surface area contributed by atoms with Crippen LogP contribution in [0.4, 0.5) is 4.39 Å². The van der Waals surface area contributed by atoms with Crippen LogP contribution in [0.1, 0.15) is 17.3 Å². The molecule has 2 aromatic carbocycles. The molecule has 0 amide bonds. The highest BCUT2D eigenvalue weighted by Gasteiger charge is 2.09. The zero-order valence-electron chi connectivity index (χ0n) is 10.4. The molecule has 0 heterocycles. The molecule has 2 rings (SSSR count). The second-order valence-electron chi connectivity index (χ2n) is 3.79. The zero-order chi connectivity index (χ0) is 13.7. The number of ether oxygens (including phenoxy) is 2. The molecular weight excluding hydrogens is 247 g/mol. The number of benzene rings is 2. The number of para-hydroxylation sites is 2. The molecule has 0 aliphatic rings. The van der Waals surface area contributed by atoms with E-state index in [1.54, 1.807) is 18.2 Å². The monoisotopic (exact) mass is 260 g/mol. The average Bonchev–Trinajstić information content (AvgIpc) is 2.43. The van der Waals surface area contributed by atoms with Crippen LogP contribution in [-0.4, -0.2) is 12.9 Å². The molecule has 0 aromatic heterocycles. The van der Waals surface area contributed by atoms with Crippen LogP contribution in [0.2, 0.25) is 0 Å². The second kappa shape index (κ2) is 6.00. The van der Waals surface area contributed by atoms with Gasteiger partial charge in [-0.25, -0.2) is 4.39 Å². The second-order valence-corrected chi connectivity index (χ2v) is 3.79. The fourth-order valence-corrected chi connectivity index (χ4v) is 1.60. The summed E-state index contributed by atoms with van der Waals surface area (Å²) < 4.78 is 24.6. The van der Waals surface area contributed by atoms with E-state index in [4.69, 9.17) is 9.47 Å². The molecule has 0 aliphatic heterocycles. The van der Waals surface area contributed by atoms with E-state index >= 15 is 0 Å². The molecule has 19 heavy (non-hydrogen) atoms. The lowest BCUT2D eigenvalue weighted by atomic mass is 10.2. The summed E-state index contributed by atoms with van der Waals surface area (Å²) in [5, 5.41) is 0. The van der Waals surface area contributed by atoms with E-state index in [-0.39, 0.29) is 11.3 Å². The van der Waals surface area contributed by atoms with Gasteiger partial charge in [-0.3, -0.25) is 4.79 Å². The number of hydrogen-bond donors (Lipinski definition) is 0. The van der Waals surface area contributed by atoms with Gasteiger partial charge in [-0.2, -0.15) is 0 Å². The fourth-order valence-electron chi connectivity index (χ4n) is 1.60. The summed E-state index contributed by atoms with van der Waals surface area (Å²) >= 11 is 0. The van der Waals surface area contributed by atoms with Crippen LogP contribution >= 0.6 is 0 Å². The third kappa shape index (κ3) is 3.10. The predicted molar refractivity (Wildman–Crippen MR) is 69.5 cm³/mol. The van der Waals surface area contributed by atoms with Crippen LogP contribution < -0.4 is 9.47 Å². The lowest BCUT2D eigenvalue weighted by Gasteiger charge is -2.11. The SMILES string of the molecule is CCOc1ccccc1Oc1ccc(C=O)cc1F. The molecule has 0 aliphatic carbocycles. The Kier molecular flexibility index (Phi) is 4.13. The Balaban J connectivity index is 2.28. The molecule has 0 atom stereocenters. The first-order chi connectivity index (χ1) is 9.24. The molecule has 0 N–H and O–H groups in total. The highest BCUT2D eigenvalue weighted by atomic mass is 19.1.